The molecule has 0 radical (unpaired) electrons. The third-order valence-electron chi connectivity index (χ3n) is 5.35. The quantitative estimate of drug-likeness (QED) is 0.286. The first-order valence-electron chi connectivity index (χ1n) is 11.0. The molecule has 1 unspecified atom stereocenters. The fourth-order valence-electron chi connectivity index (χ4n) is 3.22. The van der Waals surface area contributed by atoms with Crippen molar-refractivity contribution >= 4 is 23.6 Å². The molecule has 1 fully saturated rings. The van der Waals surface area contributed by atoms with Gasteiger partial charge in [0.15, 0.2) is 5.60 Å². The lowest BCUT2D eigenvalue weighted by molar-refractivity contribution is -0.159. The summed E-state index contributed by atoms with van der Waals surface area (Å²) in [6.07, 6.45) is 2.44. The second-order valence-electron chi connectivity index (χ2n) is 8.01. The molecule has 0 spiro atoms. The van der Waals surface area contributed by atoms with Gasteiger partial charge in [-0.2, -0.15) is 0 Å². The third-order valence-corrected chi connectivity index (χ3v) is 5.35. The number of amides is 3. The lowest BCUT2D eigenvalue weighted by atomic mass is 10.1. The molecule has 3 rings (SSSR count). The van der Waals surface area contributed by atoms with Gasteiger partial charge in [-0.1, -0.05) is 30.3 Å². The van der Waals surface area contributed by atoms with E-state index in [1.54, 1.807) is 24.3 Å². The van der Waals surface area contributed by atoms with Crippen LogP contribution in [-0.4, -0.2) is 36.1 Å². The maximum atomic E-state index is 12.6. The summed E-state index contributed by atoms with van der Waals surface area (Å²) in [6, 6.07) is 15.2. The van der Waals surface area contributed by atoms with Crippen molar-refractivity contribution in [3.05, 3.63) is 60.2 Å². The molecule has 176 valence electrons. The summed E-state index contributed by atoms with van der Waals surface area (Å²) < 4.78 is 11.1. The zero-order chi connectivity index (χ0) is 23.7. The molecule has 3 amide bonds. The van der Waals surface area contributed by atoms with E-state index < -0.39 is 29.6 Å². The van der Waals surface area contributed by atoms with E-state index in [1.807, 2.05) is 30.3 Å². The summed E-state index contributed by atoms with van der Waals surface area (Å²) in [5.41, 5.74) is 11.2. The predicted octanol–water partition coefficient (Wildman–Crippen LogP) is 2.45. The summed E-state index contributed by atoms with van der Waals surface area (Å²) in [7, 11) is 0. The van der Waals surface area contributed by atoms with Gasteiger partial charge in [0.25, 0.3) is 5.91 Å². The normalized spacial score (nSPS) is 14.6. The highest BCUT2D eigenvalue weighted by atomic mass is 16.6. The number of ether oxygens (including phenoxy) is 2. The van der Waals surface area contributed by atoms with E-state index in [9.17, 15) is 14.4 Å². The van der Waals surface area contributed by atoms with Crippen LogP contribution >= 0.6 is 0 Å². The lowest BCUT2D eigenvalue weighted by Gasteiger charge is -2.21. The van der Waals surface area contributed by atoms with E-state index in [0.717, 1.165) is 5.56 Å². The average Bonchev–Trinajstić information content (AvgIpc) is 3.59. The Hall–Kier alpha value is -3.59. The van der Waals surface area contributed by atoms with Gasteiger partial charge < -0.3 is 31.6 Å². The predicted molar refractivity (Wildman–Crippen MR) is 123 cm³/mol. The lowest BCUT2D eigenvalue weighted by Crippen LogP contribution is -2.47. The molecule has 1 saturated carbocycles. The van der Waals surface area contributed by atoms with Gasteiger partial charge in [0.1, 0.15) is 18.4 Å². The zero-order valence-electron chi connectivity index (χ0n) is 18.4. The standard InChI is InChI=1S/C24H30N4O5/c25-15-5-4-8-20(21(29)33-24(13-14-24)22(26)30)28-23(31)27-18-9-11-19(12-10-18)32-16-17-6-2-1-3-7-17/h1-3,6-7,9-12,20H,4-5,8,13-16,25H2,(H2,26,30)(H2,27,28,31). The van der Waals surface area contributed by atoms with Crippen molar-refractivity contribution in [1.82, 2.24) is 5.32 Å². The van der Waals surface area contributed by atoms with E-state index in [2.05, 4.69) is 10.6 Å². The fourth-order valence-corrected chi connectivity index (χ4v) is 3.22. The van der Waals surface area contributed by atoms with Gasteiger partial charge in [0, 0.05) is 18.5 Å². The fraction of sp³-hybridized carbons (Fsp3) is 0.375. The van der Waals surface area contributed by atoms with Crippen molar-refractivity contribution in [2.24, 2.45) is 11.5 Å². The van der Waals surface area contributed by atoms with E-state index in [-0.39, 0.29) is 0 Å². The number of carbonyl (C=O) groups is 3. The average molecular weight is 455 g/mol. The SMILES string of the molecule is NCCCCC(NC(=O)Nc1ccc(OCc2ccccc2)cc1)C(=O)OC1(C(N)=O)CC1. The number of nitrogens with one attached hydrogen (secondary N) is 2. The Balaban J connectivity index is 1.53. The van der Waals surface area contributed by atoms with Gasteiger partial charge in [-0.15, -0.1) is 0 Å². The summed E-state index contributed by atoms with van der Waals surface area (Å²) >= 11 is 0. The molecule has 6 N–H and O–H groups in total. The van der Waals surface area contributed by atoms with Crippen LogP contribution in [0.5, 0.6) is 5.75 Å². The monoisotopic (exact) mass is 454 g/mol. The van der Waals surface area contributed by atoms with Crippen LogP contribution in [0.1, 0.15) is 37.7 Å². The second kappa shape index (κ2) is 11.3. The number of benzene rings is 2. The molecule has 2 aromatic rings. The number of carbonyl (C=O) groups excluding carboxylic acids is 3. The van der Waals surface area contributed by atoms with Crippen molar-refractivity contribution in [3.8, 4) is 5.75 Å². The third kappa shape index (κ3) is 7.21. The highest BCUT2D eigenvalue weighted by Crippen LogP contribution is 2.39. The number of hydrogen-bond acceptors (Lipinski definition) is 6. The Labute approximate surface area is 192 Å². The Bertz CT molecular complexity index is 945. The largest absolute Gasteiger partial charge is 0.489 e. The molecule has 1 aliphatic carbocycles. The van der Waals surface area contributed by atoms with Gasteiger partial charge in [0.2, 0.25) is 0 Å². The molecule has 1 atom stereocenters. The van der Waals surface area contributed by atoms with Gasteiger partial charge in [-0.3, -0.25) is 4.79 Å². The van der Waals surface area contributed by atoms with Crippen LogP contribution in [0.3, 0.4) is 0 Å². The van der Waals surface area contributed by atoms with Gasteiger partial charge in [-0.05, 0) is 55.6 Å². The van der Waals surface area contributed by atoms with Crippen molar-refractivity contribution in [2.75, 3.05) is 11.9 Å². The number of esters is 1. The Morgan fingerprint density at radius 1 is 1.00 bits per heavy atom. The molecule has 0 bridgehead atoms. The summed E-state index contributed by atoms with van der Waals surface area (Å²) in [6.45, 7) is 0.908. The Kier molecular flexibility index (Phi) is 8.26. The molecule has 0 heterocycles. The number of urea groups is 1. The minimum absolute atomic E-state index is 0.338. The topological polar surface area (TPSA) is 146 Å². The van der Waals surface area contributed by atoms with Gasteiger partial charge in [-0.25, -0.2) is 9.59 Å². The summed E-state index contributed by atoms with van der Waals surface area (Å²) in [4.78, 5) is 36.6. The first-order valence-corrected chi connectivity index (χ1v) is 11.0. The van der Waals surface area contributed by atoms with E-state index >= 15 is 0 Å². The summed E-state index contributed by atoms with van der Waals surface area (Å²) in [5, 5.41) is 5.32. The van der Waals surface area contributed by atoms with Crippen LogP contribution in [0, 0.1) is 0 Å². The summed E-state index contributed by atoms with van der Waals surface area (Å²) in [5.74, 6) is -0.687. The number of primary amides is 1. The first-order chi connectivity index (χ1) is 15.9. The molecule has 33 heavy (non-hydrogen) atoms. The van der Waals surface area contributed by atoms with Crippen LogP contribution in [-0.2, 0) is 20.9 Å². The number of unbranched alkanes of at least 4 members (excludes halogenated alkanes) is 1. The smallest absolute Gasteiger partial charge is 0.329 e. The molecule has 0 saturated heterocycles. The molecular weight excluding hydrogens is 424 g/mol. The van der Waals surface area contributed by atoms with Crippen molar-refractivity contribution in [2.45, 2.75) is 50.4 Å². The van der Waals surface area contributed by atoms with E-state index in [0.29, 0.717) is 56.7 Å². The number of nitrogens with two attached hydrogens (primary N) is 2. The molecule has 9 nitrogen and oxygen atoms in total. The zero-order valence-corrected chi connectivity index (χ0v) is 18.4. The Morgan fingerprint density at radius 3 is 2.30 bits per heavy atom. The highest BCUT2D eigenvalue weighted by Gasteiger charge is 2.53. The molecule has 2 aromatic carbocycles. The number of anilines is 1. The molecule has 9 heteroatoms. The number of rotatable bonds is 12. The molecule has 0 aromatic heterocycles. The first kappa shape index (κ1) is 24.1. The second-order valence-corrected chi connectivity index (χ2v) is 8.01. The minimum Gasteiger partial charge on any atom is -0.489 e. The Morgan fingerprint density at radius 2 is 1.70 bits per heavy atom. The van der Waals surface area contributed by atoms with Crippen LogP contribution in [0.25, 0.3) is 0 Å². The minimum atomic E-state index is -1.24. The van der Waals surface area contributed by atoms with Crippen molar-refractivity contribution in [1.29, 1.82) is 0 Å². The molecule has 1 aliphatic rings. The van der Waals surface area contributed by atoms with Crippen molar-refractivity contribution in [3.63, 3.8) is 0 Å². The van der Waals surface area contributed by atoms with Gasteiger partial charge in [0.05, 0.1) is 0 Å². The van der Waals surface area contributed by atoms with E-state index in [1.165, 1.54) is 0 Å². The molecule has 0 aliphatic heterocycles. The van der Waals surface area contributed by atoms with Crippen molar-refractivity contribution < 1.29 is 23.9 Å². The van der Waals surface area contributed by atoms with Crippen LogP contribution in [0.4, 0.5) is 10.5 Å². The molecular formula is C24H30N4O5. The van der Waals surface area contributed by atoms with Crippen LogP contribution < -0.4 is 26.8 Å². The number of hydrogen-bond donors (Lipinski definition) is 4. The maximum absolute atomic E-state index is 12.6. The van der Waals surface area contributed by atoms with E-state index in [4.69, 9.17) is 20.9 Å². The maximum Gasteiger partial charge on any atom is 0.329 e. The van der Waals surface area contributed by atoms with Gasteiger partial charge >= 0.3 is 12.0 Å². The van der Waals surface area contributed by atoms with Crippen LogP contribution in [0.2, 0.25) is 0 Å². The van der Waals surface area contributed by atoms with Crippen LogP contribution in [0.15, 0.2) is 54.6 Å². The highest BCUT2D eigenvalue weighted by molar-refractivity contribution is 5.94.